The molecule has 0 N–H and O–H groups in total. The Morgan fingerprint density at radius 2 is 1.69 bits per heavy atom. The molecular formula is C28H36N2O2. The van der Waals surface area contributed by atoms with Crippen molar-refractivity contribution in [3.63, 3.8) is 0 Å². The number of rotatable bonds is 11. The number of hydrogen-bond acceptors (Lipinski definition) is 4. The second-order valence-electron chi connectivity index (χ2n) is 9.04. The minimum Gasteiger partial charge on any atom is -0.444 e. The zero-order valence-electron chi connectivity index (χ0n) is 19.3. The Kier molecular flexibility index (Phi) is 8.52. The summed E-state index contributed by atoms with van der Waals surface area (Å²) < 4.78 is 12.2. The van der Waals surface area contributed by atoms with Crippen LogP contribution in [0.3, 0.4) is 0 Å². The van der Waals surface area contributed by atoms with Gasteiger partial charge >= 0.3 is 0 Å². The van der Waals surface area contributed by atoms with Gasteiger partial charge in [0.25, 0.3) is 0 Å². The average Bonchev–Trinajstić information content (AvgIpc) is 3.29. The summed E-state index contributed by atoms with van der Waals surface area (Å²) in [4.78, 5) is 6.98. The number of ether oxygens (including phenoxy) is 1. The van der Waals surface area contributed by atoms with Crippen molar-refractivity contribution >= 4 is 0 Å². The first kappa shape index (κ1) is 22.8. The van der Waals surface area contributed by atoms with Crippen molar-refractivity contribution in [2.24, 2.45) is 5.92 Å². The molecule has 4 rings (SSSR count). The van der Waals surface area contributed by atoms with E-state index in [1.54, 1.807) is 0 Å². The Balaban J connectivity index is 1.28. The molecule has 0 saturated heterocycles. The molecule has 1 aliphatic carbocycles. The van der Waals surface area contributed by atoms with Crippen LogP contribution in [0.5, 0.6) is 0 Å². The van der Waals surface area contributed by atoms with Crippen LogP contribution >= 0.6 is 0 Å². The van der Waals surface area contributed by atoms with Gasteiger partial charge in [0.05, 0.1) is 31.9 Å². The Morgan fingerprint density at radius 3 is 2.44 bits per heavy atom. The van der Waals surface area contributed by atoms with Crippen molar-refractivity contribution < 1.29 is 9.15 Å². The average molecular weight is 433 g/mol. The van der Waals surface area contributed by atoms with E-state index in [2.05, 4.69) is 66.5 Å². The lowest BCUT2D eigenvalue weighted by Crippen LogP contribution is -2.23. The molecule has 0 amide bonds. The van der Waals surface area contributed by atoms with Crippen LogP contribution in [-0.2, 0) is 17.7 Å². The van der Waals surface area contributed by atoms with Gasteiger partial charge in [0, 0.05) is 6.54 Å². The van der Waals surface area contributed by atoms with Crippen molar-refractivity contribution in [1.82, 2.24) is 9.88 Å². The van der Waals surface area contributed by atoms with Crippen LogP contribution in [0.25, 0.3) is 0 Å². The van der Waals surface area contributed by atoms with Gasteiger partial charge < -0.3 is 9.15 Å². The van der Waals surface area contributed by atoms with E-state index >= 15 is 0 Å². The van der Waals surface area contributed by atoms with Gasteiger partial charge in [-0.15, -0.1) is 0 Å². The van der Waals surface area contributed by atoms with Crippen LogP contribution < -0.4 is 0 Å². The number of oxazole rings is 1. The number of likely N-dealkylation sites (N-methyl/N-ethyl adjacent to an activating group) is 1. The number of aromatic nitrogens is 1. The molecular weight excluding hydrogens is 396 g/mol. The first-order chi connectivity index (χ1) is 15.8. The Bertz CT molecular complexity index is 903. The highest BCUT2D eigenvalue weighted by Crippen LogP contribution is 2.40. The van der Waals surface area contributed by atoms with Crippen LogP contribution in [0.2, 0.25) is 0 Å². The van der Waals surface area contributed by atoms with Gasteiger partial charge in [-0.1, -0.05) is 79.9 Å². The molecule has 4 nitrogen and oxygen atoms in total. The Hall–Kier alpha value is -2.43. The van der Waals surface area contributed by atoms with Crippen molar-refractivity contribution in [3.8, 4) is 0 Å². The Labute approximate surface area is 192 Å². The summed E-state index contributed by atoms with van der Waals surface area (Å²) in [6, 6.07) is 21.3. The first-order valence-corrected chi connectivity index (χ1v) is 12.1. The third-order valence-electron chi connectivity index (χ3n) is 6.54. The smallest absolute Gasteiger partial charge is 0.202 e. The fourth-order valence-corrected chi connectivity index (χ4v) is 4.79. The fraction of sp³-hybridized carbons (Fsp3) is 0.464. The van der Waals surface area contributed by atoms with E-state index in [4.69, 9.17) is 14.1 Å². The number of benzene rings is 2. The zero-order chi connectivity index (χ0) is 22.0. The van der Waals surface area contributed by atoms with E-state index in [0.717, 1.165) is 44.4 Å². The van der Waals surface area contributed by atoms with Crippen molar-refractivity contribution in [2.75, 3.05) is 26.8 Å². The molecule has 0 radical (unpaired) electrons. The summed E-state index contributed by atoms with van der Waals surface area (Å²) in [6.45, 7) is 3.10. The van der Waals surface area contributed by atoms with Gasteiger partial charge in [-0.25, -0.2) is 4.98 Å². The van der Waals surface area contributed by atoms with E-state index in [0.29, 0.717) is 5.92 Å². The van der Waals surface area contributed by atoms with Crippen LogP contribution in [-0.4, -0.2) is 36.7 Å². The normalized spacial score (nSPS) is 15.8. The molecule has 3 aromatic rings. The van der Waals surface area contributed by atoms with Gasteiger partial charge in [-0.3, -0.25) is 4.90 Å². The van der Waals surface area contributed by atoms with Crippen molar-refractivity contribution in [1.29, 1.82) is 0 Å². The maximum absolute atomic E-state index is 6.32. The van der Waals surface area contributed by atoms with E-state index < -0.39 is 0 Å². The quantitative estimate of drug-likeness (QED) is 0.344. The molecule has 1 heterocycles. The lowest BCUT2D eigenvalue weighted by Gasteiger charge is -2.28. The SMILES string of the molecule is CN(CCOCCc1ccccc1)Cc1cnc(C(c2ccccc2)C2CCCCC2)o1. The summed E-state index contributed by atoms with van der Waals surface area (Å²) >= 11 is 0. The lowest BCUT2D eigenvalue weighted by atomic mass is 9.77. The molecule has 170 valence electrons. The summed E-state index contributed by atoms with van der Waals surface area (Å²) in [6.07, 6.45) is 9.38. The summed E-state index contributed by atoms with van der Waals surface area (Å²) in [5.74, 6) is 2.69. The van der Waals surface area contributed by atoms with E-state index in [1.165, 1.54) is 43.2 Å². The van der Waals surface area contributed by atoms with Crippen LogP contribution in [0.15, 0.2) is 71.3 Å². The third-order valence-corrected chi connectivity index (χ3v) is 6.54. The topological polar surface area (TPSA) is 38.5 Å². The summed E-state index contributed by atoms with van der Waals surface area (Å²) in [5, 5.41) is 0. The summed E-state index contributed by atoms with van der Waals surface area (Å²) in [7, 11) is 2.11. The fourth-order valence-electron chi connectivity index (χ4n) is 4.79. The highest BCUT2D eigenvalue weighted by Gasteiger charge is 2.30. The second kappa shape index (κ2) is 12.0. The van der Waals surface area contributed by atoms with E-state index in [-0.39, 0.29) is 5.92 Å². The third kappa shape index (κ3) is 6.54. The predicted molar refractivity (Wildman–Crippen MR) is 129 cm³/mol. The van der Waals surface area contributed by atoms with Crippen molar-refractivity contribution in [2.45, 2.75) is 51.0 Å². The minimum atomic E-state index is 0.261. The van der Waals surface area contributed by atoms with Gasteiger partial charge in [0.1, 0.15) is 5.76 Å². The van der Waals surface area contributed by atoms with E-state index in [9.17, 15) is 0 Å². The Morgan fingerprint density at radius 1 is 0.969 bits per heavy atom. The molecule has 1 fully saturated rings. The minimum absolute atomic E-state index is 0.261. The summed E-state index contributed by atoms with van der Waals surface area (Å²) in [5.41, 5.74) is 2.65. The lowest BCUT2D eigenvalue weighted by molar-refractivity contribution is 0.110. The predicted octanol–water partition coefficient (Wildman–Crippen LogP) is 6.08. The van der Waals surface area contributed by atoms with Crippen LogP contribution in [0.1, 0.15) is 60.8 Å². The van der Waals surface area contributed by atoms with Crippen molar-refractivity contribution in [3.05, 3.63) is 89.6 Å². The van der Waals surface area contributed by atoms with Gasteiger partial charge in [-0.2, -0.15) is 0 Å². The maximum atomic E-state index is 6.32. The second-order valence-corrected chi connectivity index (χ2v) is 9.04. The largest absolute Gasteiger partial charge is 0.444 e. The number of hydrogen-bond donors (Lipinski definition) is 0. The molecule has 4 heteroatoms. The van der Waals surface area contributed by atoms with Crippen LogP contribution in [0.4, 0.5) is 0 Å². The standard InChI is InChI=1S/C28H36N2O2/c1-30(18-20-31-19-17-23-11-5-2-6-12-23)22-26-21-29-28(32-26)27(24-13-7-3-8-14-24)25-15-9-4-10-16-25/h2-3,5-8,11-14,21,25,27H,4,9-10,15-20,22H2,1H3. The molecule has 0 bridgehead atoms. The molecule has 1 atom stereocenters. The molecule has 1 aliphatic rings. The molecule has 1 aromatic heterocycles. The van der Waals surface area contributed by atoms with Gasteiger partial charge in [0.15, 0.2) is 0 Å². The van der Waals surface area contributed by atoms with Crippen LogP contribution in [0, 0.1) is 5.92 Å². The highest BCUT2D eigenvalue weighted by molar-refractivity contribution is 5.26. The number of nitrogens with zero attached hydrogens (tertiary/aromatic N) is 2. The first-order valence-electron chi connectivity index (χ1n) is 12.1. The van der Waals surface area contributed by atoms with E-state index in [1.807, 2.05) is 12.3 Å². The molecule has 0 aliphatic heterocycles. The molecule has 2 aromatic carbocycles. The highest BCUT2D eigenvalue weighted by atomic mass is 16.5. The zero-order valence-corrected chi connectivity index (χ0v) is 19.3. The molecule has 1 saturated carbocycles. The van der Waals surface area contributed by atoms with Gasteiger partial charge in [0.2, 0.25) is 5.89 Å². The molecule has 1 unspecified atom stereocenters. The molecule has 0 spiro atoms. The molecule has 32 heavy (non-hydrogen) atoms. The van der Waals surface area contributed by atoms with Gasteiger partial charge in [-0.05, 0) is 43.4 Å². The monoisotopic (exact) mass is 432 g/mol. The maximum Gasteiger partial charge on any atom is 0.202 e.